The lowest BCUT2D eigenvalue weighted by molar-refractivity contribution is -0.122. The number of nitrogens with zero attached hydrogens (tertiary/aromatic N) is 3. The van der Waals surface area contributed by atoms with Crippen molar-refractivity contribution in [2.24, 2.45) is 5.73 Å². The van der Waals surface area contributed by atoms with E-state index in [0.29, 0.717) is 23.3 Å². The highest BCUT2D eigenvalue weighted by molar-refractivity contribution is 6.25. The number of hydrogen-bond donors (Lipinski definition) is 2. The molecule has 35 heavy (non-hydrogen) atoms. The molecular weight excluding hydrogens is 448 g/mol. The summed E-state index contributed by atoms with van der Waals surface area (Å²) >= 11 is 0. The smallest absolute Gasteiger partial charge is 0.225 e. The summed E-state index contributed by atoms with van der Waals surface area (Å²) in [6.07, 6.45) is 0.820. The maximum atomic E-state index is 13.4. The summed E-state index contributed by atoms with van der Waals surface area (Å²) in [5, 5.41) is 21.6. The quantitative estimate of drug-likeness (QED) is 0.617. The number of phenols is 1. The zero-order valence-corrected chi connectivity index (χ0v) is 20.6. The third-order valence-corrected chi connectivity index (χ3v) is 8.29. The normalized spacial score (nSPS) is 30.5. The van der Waals surface area contributed by atoms with Gasteiger partial charge in [0.05, 0.1) is 32.4 Å². The summed E-state index contributed by atoms with van der Waals surface area (Å²) < 4.78 is 10.8. The summed E-state index contributed by atoms with van der Waals surface area (Å²) in [6, 6.07) is 2.48. The van der Waals surface area contributed by atoms with Crippen LogP contribution in [0.15, 0.2) is 28.5 Å². The highest BCUT2D eigenvalue weighted by Crippen LogP contribution is 2.53. The van der Waals surface area contributed by atoms with Gasteiger partial charge in [-0.2, -0.15) is 5.26 Å². The number of allylic oxidation sites excluding steroid dienone is 2. The van der Waals surface area contributed by atoms with Crippen molar-refractivity contribution in [3.63, 3.8) is 0 Å². The van der Waals surface area contributed by atoms with Gasteiger partial charge in [0, 0.05) is 40.9 Å². The molecule has 3 N–H and O–H groups in total. The summed E-state index contributed by atoms with van der Waals surface area (Å²) in [7, 11) is 4.86. The minimum Gasteiger partial charge on any atom is -0.504 e. The van der Waals surface area contributed by atoms with Gasteiger partial charge >= 0.3 is 0 Å². The van der Waals surface area contributed by atoms with Crippen molar-refractivity contribution in [1.82, 2.24) is 9.80 Å². The molecule has 0 aromatic heterocycles. The number of ether oxygens (including phenoxy) is 2. The molecule has 1 aromatic rings. The predicted octanol–water partition coefficient (Wildman–Crippen LogP) is 1.28. The summed E-state index contributed by atoms with van der Waals surface area (Å²) in [6.45, 7) is 3.56. The number of piperazine rings is 1. The zero-order valence-electron chi connectivity index (χ0n) is 20.6. The number of nitrogens with two attached hydrogens (primary N) is 1. The van der Waals surface area contributed by atoms with Gasteiger partial charge in [0.1, 0.15) is 6.04 Å². The molecule has 0 spiro atoms. The van der Waals surface area contributed by atoms with Crippen LogP contribution in [-0.4, -0.2) is 78.5 Å². The molecular formula is C26H30N4O5. The van der Waals surface area contributed by atoms with Crippen molar-refractivity contribution in [2.45, 2.75) is 56.9 Å². The van der Waals surface area contributed by atoms with E-state index < -0.39 is 12.1 Å². The number of fused-ring (bicyclic) bond motifs is 6. The molecule has 3 aliphatic heterocycles. The standard InChI is InChI=1S/C26H30N4O5/c1-11-6-13-7-15-17(9-27)30-16(21(29(15)3)19(13)23(32)25(11)34-4)8-14-20(18(30)10-28)24(33)26(35-5)12(2)22(14)31/h6,15-18,21,32H,7-8,10,28H2,1-5H3/t15-,16?,17+,18+,21-/m1/s1. The topological polar surface area (TPSA) is 129 Å². The van der Waals surface area contributed by atoms with Gasteiger partial charge in [-0.3, -0.25) is 19.4 Å². The lowest BCUT2D eigenvalue weighted by Crippen LogP contribution is -2.71. The number of hydrogen-bond acceptors (Lipinski definition) is 9. The molecule has 5 atom stereocenters. The Morgan fingerprint density at radius 3 is 2.49 bits per heavy atom. The number of rotatable bonds is 3. The Hall–Kier alpha value is -3.19. The van der Waals surface area contributed by atoms with Gasteiger partial charge in [-0.15, -0.1) is 0 Å². The van der Waals surface area contributed by atoms with Crippen molar-refractivity contribution in [2.75, 3.05) is 27.8 Å². The molecule has 5 rings (SSSR count). The Morgan fingerprint density at radius 2 is 1.89 bits per heavy atom. The number of carbonyl (C=O) groups excluding carboxylic acids is 2. The van der Waals surface area contributed by atoms with Gasteiger partial charge in [0.15, 0.2) is 23.0 Å². The molecule has 0 amide bonds. The van der Waals surface area contributed by atoms with Crippen molar-refractivity contribution in [1.29, 1.82) is 5.26 Å². The van der Waals surface area contributed by atoms with Crippen LogP contribution in [0.1, 0.15) is 36.1 Å². The maximum absolute atomic E-state index is 13.4. The Bertz CT molecular complexity index is 1260. The molecule has 9 heteroatoms. The molecule has 1 aliphatic carbocycles. The van der Waals surface area contributed by atoms with E-state index in [1.54, 1.807) is 6.92 Å². The van der Waals surface area contributed by atoms with Crippen LogP contribution < -0.4 is 10.5 Å². The fourth-order valence-electron chi connectivity index (χ4n) is 6.84. The Morgan fingerprint density at radius 1 is 1.17 bits per heavy atom. The van der Waals surface area contributed by atoms with Crippen molar-refractivity contribution in [3.8, 4) is 17.6 Å². The largest absolute Gasteiger partial charge is 0.504 e. The van der Waals surface area contributed by atoms with Crippen LogP contribution in [0.3, 0.4) is 0 Å². The van der Waals surface area contributed by atoms with Gasteiger partial charge in [0.25, 0.3) is 0 Å². The number of aryl methyl sites for hydroxylation is 1. The fraction of sp³-hybridized carbons (Fsp3) is 0.500. The SMILES string of the molecule is COC1=C(C)C(=O)C2=C(C1=O)[C@H](CN)N1C(C2)[C@@H]2c3c(cc(C)c(OC)c3O)C[C@H]([C@@H]1C#N)N2C. The van der Waals surface area contributed by atoms with Crippen molar-refractivity contribution in [3.05, 3.63) is 45.2 Å². The van der Waals surface area contributed by atoms with Crippen LogP contribution in [0.2, 0.25) is 0 Å². The van der Waals surface area contributed by atoms with Crippen molar-refractivity contribution < 1.29 is 24.2 Å². The molecule has 184 valence electrons. The Labute approximate surface area is 204 Å². The van der Waals surface area contributed by atoms with Gasteiger partial charge in [0.2, 0.25) is 5.78 Å². The summed E-state index contributed by atoms with van der Waals surface area (Å²) in [4.78, 5) is 31.0. The van der Waals surface area contributed by atoms with Gasteiger partial charge in [-0.25, -0.2) is 0 Å². The monoisotopic (exact) mass is 478 g/mol. The van der Waals surface area contributed by atoms with Crippen LogP contribution in [0, 0.1) is 18.3 Å². The second kappa shape index (κ2) is 8.19. The third-order valence-electron chi connectivity index (χ3n) is 8.29. The number of carbonyl (C=O) groups is 2. The number of Topliss-reactive ketones (excluding diaryl/α,β-unsaturated/α-hetero) is 2. The van der Waals surface area contributed by atoms with Crippen LogP contribution in [-0.2, 0) is 20.7 Å². The van der Waals surface area contributed by atoms with E-state index in [2.05, 4.69) is 11.0 Å². The average Bonchev–Trinajstić information content (AvgIpc) is 2.83. The molecule has 2 bridgehead atoms. The van der Waals surface area contributed by atoms with Crippen molar-refractivity contribution >= 4 is 11.6 Å². The first kappa shape index (κ1) is 23.5. The number of benzene rings is 1. The van der Waals surface area contributed by atoms with E-state index in [1.807, 2.05) is 24.9 Å². The predicted molar refractivity (Wildman–Crippen MR) is 127 cm³/mol. The number of nitriles is 1. The van der Waals surface area contributed by atoms with E-state index in [1.165, 1.54) is 14.2 Å². The van der Waals surface area contributed by atoms with Gasteiger partial charge < -0.3 is 20.3 Å². The maximum Gasteiger partial charge on any atom is 0.225 e. The van der Waals surface area contributed by atoms with Crippen LogP contribution >= 0.6 is 0 Å². The van der Waals surface area contributed by atoms with Crippen LogP contribution in [0.25, 0.3) is 0 Å². The second-order valence-electron chi connectivity index (χ2n) is 9.78. The Kier molecular flexibility index (Phi) is 5.51. The molecule has 0 saturated carbocycles. The number of ketones is 2. The van der Waals surface area contributed by atoms with Crippen LogP contribution in [0.5, 0.6) is 11.5 Å². The van der Waals surface area contributed by atoms with Crippen LogP contribution in [0.4, 0.5) is 0 Å². The minimum absolute atomic E-state index is 0.0386. The first-order valence-corrected chi connectivity index (χ1v) is 11.8. The fourth-order valence-corrected chi connectivity index (χ4v) is 6.84. The van der Waals surface area contributed by atoms with E-state index in [-0.39, 0.29) is 59.7 Å². The van der Waals surface area contributed by atoms with E-state index in [9.17, 15) is 20.0 Å². The first-order chi connectivity index (χ1) is 16.7. The molecule has 1 unspecified atom stereocenters. The van der Waals surface area contributed by atoms with Gasteiger partial charge in [-0.05, 0) is 44.9 Å². The lowest BCUT2D eigenvalue weighted by Gasteiger charge is -2.60. The minimum atomic E-state index is -0.613. The molecule has 1 aromatic carbocycles. The van der Waals surface area contributed by atoms with E-state index >= 15 is 0 Å². The van der Waals surface area contributed by atoms with Gasteiger partial charge in [-0.1, -0.05) is 6.07 Å². The summed E-state index contributed by atoms with van der Waals surface area (Å²) in [5.41, 5.74) is 9.84. The number of methoxy groups -OCH3 is 2. The number of aromatic hydroxyl groups is 1. The van der Waals surface area contributed by atoms with E-state index in [4.69, 9.17) is 15.2 Å². The second-order valence-corrected chi connectivity index (χ2v) is 9.78. The van der Waals surface area contributed by atoms with E-state index in [0.717, 1.165) is 16.7 Å². The third kappa shape index (κ3) is 2.97. The molecule has 0 radical (unpaired) electrons. The average molecular weight is 479 g/mol. The summed E-state index contributed by atoms with van der Waals surface area (Å²) in [5.74, 6) is -0.0230. The lowest BCUT2D eigenvalue weighted by atomic mass is 9.69. The molecule has 9 nitrogen and oxygen atoms in total. The highest BCUT2D eigenvalue weighted by atomic mass is 16.5. The molecule has 1 fully saturated rings. The number of likely N-dealkylation sites (N-methyl/N-ethyl adjacent to an activating group) is 1. The number of phenolic OH excluding ortho intramolecular Hbond substituents is 1. The highest BCUT2D eigenvalue weighted by Gasteiger charge is 2.57. The molecule has 1 saturated heterocycles. The Balaban J connectivity index is 1.74. The molecule has 3 heterocycles. The molecule has 4 aliphatic rings. The zero-order chi connectivity index (χ0) is 25.3. The first-order valence-electron chi connectivity index (χ1n) is 11.8.